The maximum atomic E-state index is 12.2. The maximum absolute atomic E-state index is 12.2. The highest BCUT2D eigenvalue weighted by molar-refractivity contribution is 7.16. The van der Waals surface area contributed by atoms with Crippen LogP contribution in [0.2, 0.25) is 0 Å². The first-order valence-corrected chi connectivity index (χ1v) is 8.56. The Morgan fingerprint density at radius 2 is 2.17 bits per heavy atom. The molecule has 1 N–H and O–H groups in total. The predicted molar refractivity (Wildman–Crippen MR) is 87.0 cm³/mol. The van der Waals surface area contributed by atoms with Gasteiger partial charge in [-0.15, -0.1) is 22.7 Å². The molecule has 0 bridgehead atoms. The summed E-state index contributed by atoms with van der Waals surface area (Å²) in [4.78, 5) is 21.2. The number of thiazole rings is 2. The van der Waals surface area contributed by atoms with E-state index in [2.05, 4.69) is 15.3 Å². The molecule has 0 saturated carbocycles. The van der Waals surface area contributed by atoms with Crippen molar-refractivity contribution in [3.05, 3.63) is 45.9 Å². The Labute approximate surface area is 139 Å². The van der Waals surface area contributed by atoms with Gasteiger partial charge in [0.1, 0.15) is 9.88 Å². The minimum atomic E-state index is -0.150. The second-order valence-electron chi connectivity index (χ2n) is 4.76. The van der Waals surface area contributed by atoms with E-state index >= 15 is 0 Å². The first kappa shape index (κ1) is 14.2. The average Bonchev–Trinajstić information content (AvgIpc) is 3.32. The zero-order valence-electron chi connectivity index (χ0n) is 11.8. The number of carbonyl (C=O) groups is 1. The molecule has 116 valence electrons. The van der Waals surface area contributed by atoms with E-state index in [0.717, 1.165) is 22.0 Å². The Hall–Kier alpha value is -2.45. The summed E-state index contributed by atoms with van der Waals surface area (Å²) >= 11 is 2.84. The normalized spacial score (nSPS) is 12.3. The van der Waals surface area contributed by atoms with Gasteiger partial charge in [0.25, 0.3) is 5.91 Å². The third-order valence-electron chi connectivity index (χ3n) is 3.26. The summed E-state index contributed by atoms with van der Waals surface area (Å²) in [5.74, 6) is 1.28. The van der Waals surface area contributed by atoms with Crippen molar-refractivity contribution in [3.63, 3.8) is 0 Å². The molecular weight excluding hydrogens is 334 g/mol. The van der Waals surface area contributed by atoms with Gasteiger partial charge in [-0.3, -0.25) is 4.79 Å². The summed E-state index contributed by atoms with van der Waals surface area (Å²) in [7, 11) is 0. The molecule has 23 heavy (non-hydrogen) atoms. The van der Waals surface area contributed by atoms with Gasteiger partial charge in [-0.25, -0.2) is 9.97 Å². The van der Waals surface area contributed by atoms with Crippen LogP contribution in [-0.4, -0.2) is 22.7 Å². The summed E-state index contributed by atoms with van der Waals surface area (Å²) in [6, 6.07) is 5.63. The topological polar surface area (TPSA) is 73.3 Å². The Morgan fingerprint density at radius 1 is 1.26 bits per heavy atom. The van der Waals surface area contributed by atoms with Crippen LogP contribution in [0.25, 0.3) is 10.6 Å². The van der Waals surface area contributed by atoms with Gasteiger partial charge in [-0.2, -0.15) is 0 Å². The van der Waals surface area contributed by atoms with E-state index in [1.165, 1.54) is 22.7 Å². The zero-order chi connectivity index (χ0) is 15.6. The number of hydrogen-bond acceptors (Lipinski definition) is 7. The molecule has 1 aromatic carbocycles. The van der Waals surface area contributed by atoms with E-state index in [-0.39, 0.29) is 12.7 Å². The molecule has 3 aromatic rings. The zero-order valence-corrected chi connectivity index (χ0v) is 13.4. The van der Waals surface area contributed by atoms with Crippen molar-refractivity contribution >= 4 is 28.6 Å². The van der Waals surface area contributed by atoms with Crippen molar-refractivity contribution < 1.29 is 14.3 Å². The van der Waals surface area contributed by atoms with Crippen LogP contribution in [0, 0.1) is 0 Å². The Balaban J connectivity index is 1.49. The molecule has 0 saturated heterocycles. The number of fused-ring (bicyclic) bond motifs is 1. The highest BCUT2D eigenvalue weighted by atomic mass is 32.1. The smallest absolute Gasteiger partial charge is 0.263 e. The lowest BCUT2D eigenvalue weighted by molar-refractivity contribution is 0.0954. The monoisotopic (exact) mass is 345 g/mol. The van der Waals surface area contributed by atoms with Crippen molar-refractivity contribution in [2.45, 2.75) is 6.54 Å². The van der Waals surface area contributed by atoms with Gasteiger partial charge in [0, 0.05) is 10.9 Å². The fourth-order valence-electron chi connectivity index (χ4n) is 2.12. The van der Waals surface area contributed by atoms with Gasteiger partial charge in [0.2, 0.25) is 6.79 Å². The lowest BCUT2D eigenvalue weighted by Crippen LogP contribution is -2.21. The number of ether oxygens (including phenoxy) is 2. The standard InChI is InChI=1S/C15H11N3O3S2/c19-14(16-4-10-6-22-7-18-10)13-5-17-15(23-13)9-1-2-11-12(3-9)21-8-20-11/h1-3,5-7H,4,8H2,(H,16,19). The maximum Gasteiger partial charge on any atom is 0.263 e. The molecule has 0 spiro atoms. The first-order chi connectivity index (χ1) is 11.3. The molecule has 3 heterocycles. The van der Waals surface area contributed by atoms with E-state index in [9.17, 15) is 4.79 Å². The van der Waals surface area contributed by atoms with Gasteiger partial charge in [-0.1, -0.05) is 0 Å². The summed E-state index contributed by atoms with van der Waals surface area (Å²) in [5.41, 5.74) is 3.49. The number of hydrogen-bond donors (Lipinski definition) is 1. The fourth-order valence-corrected chi connectivity index (χ4v) is 3.51. The molecule has 6 nitrogen and oxygen atoms in total. The van der Waals surface area contributed by atoms with Crippen LogP contribution in [0.1, 0.15) is 15.4 Å². The molecule has 0 atom stereocenters. The lowest BCUT2D eigenvalue weighted by Gasteiger charge is -2.00. The molecule has 1 amide bonds. The fraction of sp³-hybridized carbons (Fsp3) is 0.133. The van der Waals surface area contributed by atoms with Gasteiger partial charge >= 0.3 is 0 Å². The second kappa shape index (κ2) is 5.98. The molecule has 4 rings (SSSR count). The first-order valence-electron chi connectivity index (χ1n) is 6.81. The molecule has 8 heteroatoms. The van der Waals surface area contributed by atoms with E-state index in [1.54, 1.807) is 11.7 Å². The predicted octanol–water partition coefficient (Wildman–Crippen LogP) is 2.93. The lowest BCUT2D eigenvalue weighted by atomic mass is 10.2. The molecule has 0 unspecified atom stereocenters. The molecule has 1 aliphatic heterocycles. The van der Waals surface area contributed by atoms with Crippen LogP contribution >= 0.6 is 22.7 Å². The number of aromatic nitrogens is 2. The number of carbonyl (C=O) groups excluding carboxylic acids is 1. The summed E-state index contributed by atoms with van der Waals surface area (Å²) in [6.07, 6.45) is 1.58. The van der Waals surface area contributed by atoms with Crippen molar-refractivity contribution in [1.29, 1.82) is 0 Å². The number of amides is 1. The Morgan fingerprint density at radius 3 is 3.04 bits per heavy atom. The van der Waals surface area contributed by atoms with Crippen LogP contribution in [-0.2, 0) is 6.54 Å². The van der Waals surface area contributed by atoms with Crippen LogP contribution < -0.4 is 14.8 Å². The molecule has 1 aliphatic rings. The highest BCUT2D eigenvalue weighted by Crippen LogP contribution is 2.36. The molecule has 0 fully saturated rings. The van der Waals surface area contributed by atoms with Crippen molar-refractivity contribution in [2.24, 2.45) is 0 Å². The van der Waals surface area contributed by atoms with E-state index < -0.39 is 0 Å². The van der Waals surface area contributed by atoms with Crippen molar-refractivity contribution in [2.75, 3.05) is 6.79 Å². The summed E-state index contributed by atoms with van der Waals surface area (Å²) < 4.78 is 10.7. The van der Waals surface area contributed by atoms with Gasteiger partial charge < -0.3 is 14.8 Å². The SMILES string of the molecule is O=C(NCc1cscn1)c1cnc(-c2ccc3c(c2)OCO3)s1. The van der Waals surface area contributed by atoms with Gasteiger partial charge in [0.15, 0.2) is 11.5 Å². The van der Waals surface area contributed by atoms with E-state index in [4.69, 9.17) is 9.47 Å². The second-order valence-corrected chi connectivity index (χ2v) is 6.51. The third kappa shape index (κ3) is 2.90. The highest BCUT2D eigenvalue weighted by Gasteiger charge is 2.16. The van der Waals surface area contributed by atoms with E-state index in [0.29, 0.717) is 17.2 Å². The summed E-state index contributed by atoms with van der Waals surface area (Å²) in [6.45, 7) is 0.653. The van der Waals surface area contributed by atoms with Crippen LogP contribution in [0.15, 0.2) is 35.3 Å². The summed E-state index contributed by atoms with van der Waals surface area (Å²) in [5, 5.41) is 5.51. The molecule has 2 aromatic heterocycles. The van der Waals surface area contributed by atoms with Crippen LogP contribution in [0.4, 0.5) is 0 Å². The van der Waals surface area contributed by atoms with Crippen LogP contribution in [0.5, 0.6) is 11.5 Å². The number of benzene rings is 1. The number of nitrogens with zero attached hydrogens (tertiary/aromatic N) is 2. The van der Waals surface area contributed by atoms with Crippen molar-refractivity contribution in [3.8, 4) is 22.1 Å². The number of rotatable bonds is 4. The average molecular weight is 345 g/mol. The quantitative estimate of drug-likeness (QED) is 0.787. The van der Waals surface area contributed by atoms with Gasteiger partial charge in [0.05, 0.1) is 23.9 Å². The van der Waals surface area contributed by atoms with Crippen molar-refractivity contribution in [1.82, 2.24) is 15.3 Å². The minimum Gasteiger partial charge on any atom is -0.454 e. The molecular formula is C15H11N3O3S2. The van der Waals surface area contributed by atoms with Gasteiger partial charge in [-0.05, 0) is 18.2 Å². The molecule has 0 aliphatic carbocycles. The van der Waals surface area contributed by atoms with E-state index in [1.807, 2.05) is 23.6 Å². The minimum absolute atomic E-state index is 0.150. The van der Waals surface area contributed by atoms with Crippen LogP contribution in [0.3, 0.4) is 0 Å². The third-order valence-corrected chi connectivity index (χ3v) is 4.94. The number of nitrogens with one attached hydrogen (secondary N) is 1. The Bertz CT molecular complexity index is 846. The largest absolute Gasteiger partial charge is 0.454 e. The Kier molecular flexibility index (Phi) is 3.68. The molecule has 0 radical (unpaired) electrons.